The molecule has 0 bridgehead atoms. The monoisotopic (exact) mass is 290 g/mol. The highest BCUT2D eigenvalue weighted by Crippen LogP contribution is 2.36. The highest BCUT2D eigenvalue weighted by atomic mass is 16.2. The van der Waals surface area contributed by atoms with Crippen molar-refractivity contribution in [2.45, 2.75) is 51.6 Å². The van der Waals surface area contributed by atoms with Gasteiger partial charge >= 0.3 is 0 Å². The first-order valence-corrected chi connectivity index (χ1v) is 8.12. The van der Waals surface area contributed by atoms with Crippen molar-refractivity contribution >= 4 is 5.91 Å². The lowest BCUT2D eigenvalue weighted by Crippen LogP contribution is -2.50. The number of aromatic nitrogens is 2. The minimum atomic E-state index is -0.234. The summed E-state index contributed by atoms with van der Waals surface area (Å²) in [5.74, 6) is 0.597. The number of rotatable bonds is 4. The SMILES string of the molecule is CC(C)C1(C(=O)NC2CCCC2n2ccnc2)CCNC1. The van der Waals surface area contributed by atoms with Crippen LogP contribution in [0.1, 0.15) is 45.6 Å². The number of imidazole rings is 1. The zero-order chi connectivity index (χ0) is 14.9. The van der Waals surface area contributed by atoms with Crippen molar-refractivity contribution in [1.29, 1.82) is 0 Å². The summed E-state index contributed by atoms with van der Waals surface area (Å²) in [6.07, 6.45) is 9.98. The van der Waals surface area contributed by atoms with Gasteiger partial charge in [-0.3, -0.25) is 4.79 Å². The molecule has 116 valence electrons. The van der Waals surface area contributed by atoms with Crippen molar-refractivity contribution in [3.8, 4) is 0 Å². The van der Waals surface area contributed by atoms with Gasteiger partial charge in [0, 0.05) is 25.0 Å². The van der Waals surface area contributed by atoms with Crippen molar-refractivity contribution in [1.82, 2.24) is 20.2 Å². The van der Waals surface area contributed by atoms with Crippen LogP contribution in [0.5, 0.6) is 0 Å². The highest BCUT2D eigenvalue weighted by molar-refractivity contribution is 5.84. The predicted molar refractivity (Wildman–Crippen MR) is 81.8 cm³/mol. The van der Waals surface area contributed by atoms with E-state index in [1.54, 1.807) is 0 Å². The Morgan fingerprint density at radius 3 is 2.95 bits per heavy atom. The van der Waals surface area contributed by atoms with Crippen LogP contribution in [-0.4, -0.2) is 34.6 Å². The summed E-state index contributed by atoms with van der Waals surface area (Å²) in [5.41, 5.74) is -0.234. The fourth-order valence-corrected chi connectivity index (χ4v) is 3.90. The van der Waals surface area contributed by atoms with Crippen LogP contribution in [-0.2, 0) is 4.79 Å². The molecular weight excluding hydrogens is 264 g/mol. The van der Waals surface area contributed by atoms with Crippen molar-refractivity contribution in [3.63, 3.8) is 0 Å². The molecule has 21 heavy (non-hydrogen) atoms. The Labute approximate surface area is 126 Å². The molecule has 1 saturated heterocycles. The van der Waals surface area contributed by atoms with Crippen LogP contribution in [0, 0.1) is 11.3 Å². The number of nitrogens with zero attached hydrogens (tertiary/aromatic N) is 2. The zero-order valence-corrected chi connectivity index (χ0v) is 13.0. The summed E-state index contributed by atoms with van der Waals surface area (Å²) in [4.78, 5) is 17.0. The number of carbonyl (C=O) groups is 1. The van der Waals surface area contributed by atoms with Crippen LogP contribution in [0.3, 0.4) is 0 Å². The first kappa shape index (κ1) is 14.6. The van der Waals surface area contributed by atoms with E-state index in [2.05, 4.69) is 34.0 Å². The summed E-state index contributed by atoms with van der Waals surface area (Å²) in [5, 5.41) is 6.72. The lowest BCUT2D eigenvalue weighted by molar-refractivity contribution is -0.133. The lowest BCUT2D eigenvalue weighted by atomic mass is 9.75. The molecule has 0 aromatic carbocycles. The maximum Gasteiger partial charge on any atom is 0.228 e. The molecule has 1 aliphatic heterocycles. The Morgan fingerprint density at radius 2 is 2.33 bits per heavy atom. The van der Waals surface area contributed by atoms with Gasteiger partial charge < -0.3 is 15.2 Å². The van der Waals surface area contributed by atoms with E-state index >= 15 is 0 Å². The lowest BCUT2D eigenvalue weighted by Gasteiger charge is -2.33. The minimum absolute atomic E-state index is 0.234. The van der Waals surface area contributed by atoms with Gasteiger partial charge in [0.2, 0.25) is 5.91 Å². The van der Waals surface area contributed by atoms with Gasteiger partial charge in [-0.05, 0) is 38.1 Å². The molecule has 5 heteroatoms. The second-order valence-corrected chi connectivity index (χ2v) is 6.83. The Balaban J connectivity index is 1.72. The molecule has 2 aliphatic rings. The molecule has 5 nitrogen and oxygen atoms in total. The third kappa shape index (κ3) is 2.59. The van der Waals surface area contributed by atoms with Gasteiger partial charge in [-0.25, -0.2) is 4.98 Å². The van der Waals surface area contributed by atoms with Gasteiger partial charge in [-0.15, -0.1) is 0 Å². The molecule has 2 fully saturated rings. The number of nitrogens with one attached hydrogen (secondary N) is 2. The largest absolute Gasteiger partial charge is 0.351 e. The Bertz CT molecular complexity index is 476. The summed E-state index contributed by atoms with van der Waals surface area (Å²) in [6, 6.07) is 0.595. The fourth-order valence-electron chi connectivity index (χ4n) is 3.90. The van der Waals surface area contributed by atoms with Crippen molar-refractivity contribution in [2.24, 2.45) is 11.3 Å². The summed E-state index contributed by atoms with van der Waals surface area (Å²) >= 11 is 0. The first-order chi connectivity index (χ1) is 10.1. The van der Waals surface area contributed by atoms with Gasteiger partial charge in [0.15, 0.2) is 0 Å². The van der Waals surface area contributed by atoms with E-state index in [9.17, 15) is 4.79 Å². The van der Waals surface area contributed by atoms with E-state index < -0.39 is 0 Å². The van der Waals surface area contributed by atoms with E-state index in [-0.39, 0.29) is 17.4 Å². The molecular formula is C16H26N4O. The molecule has 0 radical (unpaired) electrons. The molecule has 2 N–H and O–H groups in total. The number of carbonyl (C=O) groups excluding carboxylic acids is 1. The molecule has 3 atom stereocenters. The minimum Gasteiger partial charge on any atom is -0.351 e. The molecule has 2 heterocycles. The molecule has 1 amide bonds. The third-order valence-electron chi connectivity index (χ3n) is 5.45. The average Bonchev–Trinajstić information content (AvgIpc) is 3.20. The fraction of sp³-hybridized carbons (Fsp3) is 0.750. The van der Waals surface area contributed by atoms with E-state index in [0.717, 1.165) is 32.4 Å². The van der Waals surface area contributed by atoms with Crippen molar-refractivity contribution in [2.75, 3.05) is 13.1 Å². The smallest absolute Gasteiger partial charge is 0.228 e. The molecule has 1 saturated carbocycles. The molecule has 1 aromatic heterocycles. The van der Waals surface area contributed by atoms with E-state index in [0.29, 0.717) is 12.0 Å². The third-order valence-corrected chi connectivity index (χ3v) is 5.45. The van der Waals surface area contributed by atoms with E-state index in [4.69, 9.17) is 0 Å². The van der Waals surface area contributed by atoms with Crippen LogP contribution in [0.15, 0.2) is 18.7 Å². The summed E-state index contributed by atoms with van der Waals surface area (Å²) in [6.45, 7) is 6.07. The van der Waals surface area contributed by atoms with Crippen LogP contribution < -0.4 is 10.6 Å². The molecule has 1 aliphatic carbocycles. The second-order valence-electron chi connectivity index (χ2n) is 6.83. The molecule has 3 rings (SSSR count). The summed E-state index contributed by atoms with van der Waals surface area (Å²) < 4.78 is 2.15. The van der Waals surface area contributed by atoms with Gasteiger partial charge in [0.05, 0.1) is 17.8 Å². The zero-order valence-electron chi connectivity index (χ0n) is 13.0. The molecule has 3 unspecified atom stereocenters. The Morgan fingerprint density at radius 1 is 1.48 bits per heavy atom. The van der Waals surface area contributed by atoms with Crippen molar-refractivity contribution in [3.05, 3.63) is 18.7 Å². The van der Waals surface area contributed by atoms with Gasteiger partial charge in [0.1, 0.15) is 0 Å². The quantitative estimate of drug-likeness (QED) is 0.888. The predicted octanol–water partition coefficient (Wildman–Crippen LogP) is 1.73. The van der Waals surface area contributed by atoms with Crippen LogP contribution in [0.2, 0.25) is 0 Å². The normalized spacial score (nSPS) is 32.7. The maximum absolute atomic E-state index is 12.9. The van der Waals surface area contributed by atoms with Gasteiger partial charge in [-0.1, -0.05) is 13.8 Å². The van der Waals surface area contributed by atoms with Gasteiger partial charge in [0.25, 0.3) is 0 Å². The first-order valence-electron chi connectivity index (χ1n) is 8.12. The highest BCUT2D eigenvalue weighted by Gasteiger charge is 2.45. The van der Waals surface area contributed by atoms with E-state index in [1.165, 1.54) is 6.42 Å². The van der Waals surface area contributed by atoms with Crippen LogP contribution in [0.25, 0.3) is 0 Å². The standard InChI is InChI=1S/C16H26N4O/c1-12(2)16(6-7-17-10-16)15(21)19-13-4-3-5-14(13)20-9-8-18-11-20/h8-9,11-14,17H,3-7,10H2,1-2H3,(H,19,21). The topological polar surface area (TPSA) is 59.0 Å². The Hall–Kier alpha value is -1.36. The van der Waals surface area contributed by atoms with Crippen LogP contribution >= 0.6 is 0 Å². The molecule has 1 aromatic rings. The van der Waals surface area contributed by atoms with Crippen molar-refractivity contribution < 1.29 is 4.79 Å². The van der Waals surface area contributed by atoms with E-state index in [1.807, 2.05) is 18.7 Å². The van der Waals surface area contributed by atoms with Gasteiger partial charge in [-0.2, -0.15) is 0 Å². The number of amides is 1. The second kappa shape index (κ2) is 5.79. The summed E-state index contributed by atoms with van der Waals surface area (Å²) in [7, 11) is 0. The molecule has 0 spiro atoms. The maximum atomic E-state index is 12.9. The Kier molecular flexibility index (Phi) is 4.02. The average molecular weight is 290 g/mol. The number of hydrogen-bond acceptors (Lipinski definition) is 3. The van der Waals surface area contributed by atoms with Crippen LogP contribution in [0.4, 0.5) is 0 Å². The number of hydrogen-bond donors (Lipinski definition) is 2.